The number of aliphatic hydroxyl groups excluding tert-OH is 1. The van der Waals surface area contributed by atoms with E-state index in [1.807, 2.05) is 13.8 Å². The van der Waals surface area contributed by atoms with Crippen LogP contribution >= 0.6 is 11.6 Å². The van der Waals surface area contributed by atoms with Gasteiger partial charge in [-0.1, -0.05) is 17.7 Å². The Morgan fingerprint density at radius 1 is 0.905 bits per heavy atom. The lowest BCUT2D eigenvalue weighted by molar-refractivity contribution is 0.218. The summed E-state index contributed by atoms with van der Waals surface area (Å²) in [6, 6.07) is 4.10. The highest BCUT2D eigenvalue weighted by molar-refractivity contribution is 6.31. The molecule has 0 amide bonds. The molecule has 1 N–H and O–H groups in total. The van der Waals surface area contributed by atoms with Crippen molar-refractivity contribution in [1.82, 2.24) is 0 Å². The van der Waals surface area contributed by atoms with Crippen molar-refractivity contribution in [2.24, 2.45) is 0 Å². The summed E-state index contributed by atoms with van der Waals surface area (Å²) < 4.78 is 13.2. The molecule has 1 unspecified atom stereocenters. The second kappa shape index (κ2) is 5.78. The molecule has 2 aromatic rings. The summed E-state index contributed by atoms with van der Waals surface area (Å²) in [6.07, 6.45) is -0.851. The minimum absolute atomic E-state index is 0.247. The third kappa shape index (κ3) is 2.70. The minimum Gasteiger partial charge on any atom is -0.384 e. The van der Waals surface area contributed by atoms with E-state index in [0.29, 0.717) is 5.56 Å². The number of aliphatic hydroxyl groups is 1. The van der Waals surface area contributed by atoms with Crippen LogP contribution in [0.5, 0.6) is 0 Å². The van der Waals surface area contributed by atoms with Gasteiger partial charge in [0.25, 0.3) is 0 Å². The maximum atomic E-state index is 13.2. The lowest BCUT2D eigenvalue weighted by atomic mass is 9.85. The van der Waals surface area contributed by atoms with E-state index in [2.05, 4.69) is 20.8 Å². The maximum Gasteiger partial charge on any atom is 0.124 e. The van der Waals surface area contributed by atoms with Crippen LogP contribution in [0.15, 0.2) is 18.2 Å². The van der Waals surface area contributed by atoms with Gasteiger partial charge in [0.05, 0.1) is 0 Å². The fourth-order valence-electron chi connectivity index (χ4n) is 2.82. The molecular weight excluding hydrogens is 287 g/mol. The normalized spacial score (nSPS) is 12.6. The van der Waals surface area contributed by atoms with Crippen molar-refractivity contribution in [2.45, 2.75) is 40.7 Å². The maximum absolute atomic E-state index is 13.2. The van der Waals surface area contributed by atoms with Gasteiger partial charge in [0.2, 0.25) is 0 Å². The predicted octanol–water partition coefficient (Wildman–Crippen LogP) is 5.10. The first-order valence-corrected chi connectivity index (χ1v) is 7.33. The molecule has 0 aliphatic carbocycles. The van der Waals surface area contributed by atoms with Crippen LogP contribution in [-0.4, -0.2) is 5.11 Å². The van der Waals surface area contributed by atoms with Crippen LogP contribution in [0, 0.1) is 40.4 Å². The highest BCUT2D eigenvalue weighted by atomic mass is 35.5. The monoisotopic (exact) mass is 306 g/mol. The third-order valence-electron chi connectivity index (χ3n) is 4.59. The Kier molecular flexibility index (Phi) is 4.40. The van der Waals surface area contributed by atoms with E-state index in [1.54, 1.807) is 6.07 Å². The molecule has 3 heteroatoms. The smallest absolute Gasteiger partial charge is 0.124 e. The van der Waals surface area contributed by atoms with Crippen molar-refractivity contribution in [3.05, 3.63) is 68.0 Å². The molecule has 2 aromatic carbocycles. The van der Waals surface area contributed by atoms with Gasteiger partial charge in [0.15, 0.2) is 0 Å². The minimum atomic E-state index is -0.851. The van der Waals surface area contributed by atoms with E-state index in [4.69, 9.17) is 11.6 Å². The van der Waals surface area contributed by atoms with E-state index >= 15 is 0 Å². The molecule has 1 nitrogen and oxygen atoms in total. The van der Waals surface area contributed by atoms with Crippen molar-refractivity contribution >= 4 is 11.6 Å². The van der Waals surface area contributed by atoms with Gasteiger partial charge in [0, 0.05) is 10.6 Å². The van der Waals surface area contributed by atoms with Gasteiger partial charge in [-0.25, -0.2) is 4.39 Å². The standard InChI is InChI=1S/C18H20ClFO/c1-9-10(2)12(4)17(13(5)11(9)3)18(21)15-7-6-14(20)8-16(15)19/h6-8,18,21H,1-5H3. The SMILES string of the molecule is Cc1c(C)c(C)c(C(O)c2ccc(F)cc2Cl)c(C)c1C. The van der Waals surface area contributed by atoms with E-state index in [-0.39, 0.29) is 5.02 Å². The molecule has 0 bridgehead atoms. The molecule has 0 radical (unpaired) electrons. The molecular formula is C18H20ClFO. The summed E-state index contributed by atoms with van der Waals surface area (Å²) in [5.41, 5.74) is 7.10. The number of halogens is 2. The van der Waals surface area contributed by atoms with Crippen molar-refractivity contribution in [3.63, 3.8) is 0 Å². The summed E-state index contributed by atoms with van der Waals surface area (Å²) >= 11 is 6.09. The van der Waals surface area contributed by atoms with E-state index in [9.17, 15) is 9.50 Å². The second-order valence-corrected chi connectivity index (χ2v) is 6.01. The van der Waals surface area contributed by atoms with E-state index in [1.165, 1.54) is 28.8 Å². The molecule has 1 atom stereocenters. The van der Waals surface area contributed by atoms with Gasteiger partial charge < -0.3 is 5.11 Å². The lowest BCUT2D eigenvalue weighted by Crippen LogP contribution is -2.09. The first-order valence-electron chi connectivity index (χ1n) is 6.95. The first kappa shape index (κ1) is 16.0. The van der Waals surface area contributed by atoms with Crippen LogP contribution in [0.25, 0.3) is 0 Å². The van der Waals surface area contributed by atoms with Crippen LogP contribution in [-0.2, 0) is 0 Å². The van der Waals surface area contributed by atoms with Crippen LogP contribution in [0.1, 0.15) is 45.0 Å². The molecule has 21 heavy (non-hydrogen) atoms. The van der Waals surface area contributed by atoms with Crippen molar-refractivity contribution in [3.8, 4) is 0 Å². The van der Waals surface area contributed by atoms with Gasteiger partial charge in [-0.05, 0) is 80.1 Å². The topological polar surface area (TPSA) is 20.2 Å². The Hall–Kier alpha value is -1.38. The van der Waals surface area contributed by atoms with Crippen LogP contribution in [0.3, 0.4) is 0 Å². The molecule has 0 spiro atoms. The summed E-state index contributed by atoms with van der Waals surface area (Å²) in [5.74, 6) is -0.402. The molecule has 0 aliphatic rings. The largest absolute Gasteiger partial charge is 0.384 e. The molecule has 0 aromatic heterocycles. The van der Waals surface area contributed by atoms with Crippen molar-refractivity contribution < 1.29 is 9.50 Å². The molecule has 0 fully saturated rings. The highest BCUT2D eigenvalue weighted by Crippen LogP contribution is 2.36. The van der Waals surface area contributed by atoms with Crippen LogP contribution in [0.2, 0.25) is 5.02 Å². The van der Waals surface area contributed by atoms with Crippen LogP contribution in [0.4, 0.5) is 4.39 Å². The number of rotatable bonds is 2. The average Bonchev–Trinajstić information content (AvgIpc) is 2.43. The van der Waals surface area contributed by atoms with Gasteiger partial charge in [-0.2, -0.15) is 0 Å². The zero-order chi connectivity index (χ0) is 15.9. The fraction of sp³-hybridized carbons (Fsp3) is 0.333. The molecule has 112 valence electrons. The Morgan fingerprint density at radius 2 is 1.38 bits per heavy atom. The summed E-state index contributed by atoms with van der Waals surface area (Å²) in [5, 5.41) is 11.0. The Morgan fingerprint density at radius 3 is 1.86 bits per heavy atom. The van der Waals surface area contributed by atoms with E-state index in [0.717, 1.165) is 16.7 Å². The quantitative estimate of drug-likeness (QED) is 0.818. The van der Waals surface area contributed by atoms with Gasteiger partial charge >= 0.3 is 0 Å². The Bertz CT molecular complexity index is 678. The molecule has 0 saturated heterocycles. The number of benzene rings is 2. The number of hydrogen-bond donors (Lipinski definition) is 1. The molecule has 0 saturated carbocycles. The zero-order valence-electron chi connectivity index (χ0n) is 13.0. The first-order chi connectivity index (χ1) is 9.75. The third-order valence-corrected chi connectivity index (χ3v) is 4.92. The summed E-state index contributed by atoms with van der Waals surface area (Å²) in [4.78, 5) is 0. The fourth-order valence-corrected chi connectivity index (χ4v) is 3.09. The zero-order valence-corrected chi connectivity index (χ0v) is 13.8. The average molecular weight is 307 g/mol. The Balaban J connectivity index is 2.66. The van der Waals surface area contributed by atoms with Crippen LogP contribution < -0.4 is 0 Å². The molecule has 2 rings (SSSR count). The summed E-state index contributed by atoms with van der Waals surface area (Å²) in [7, 11) is 0. The molecule has 0 aliphatic heterocycles. The lowest BCUT2D eigenvalue weighted by Gasteiger charge is -2.23. The number of hydrogen-bond acceptors (Lipinski definition) is 1. The summed E-state index contributed by atoms with van der Waals surface area (Å²) in [6.45, 7) is 10.2. The predicted molar refractivity (Wildman–Crippen MR) is 85.6 cm³/mol. The van der Waals surface area contributed by atoms with Crippen molar-refractivity contribution in [2.75, 3.05) is 0 Å². The van der Waals surface area contributed by atoms with E-state index < -0.39 is 11.9 Å². The van der Waals surface area contributed by atoms with Gasteiger partial charge in [0.1, 0.15) is 11.9 Å². The van der Waals surface area contributed by atoms with Crippen molar-refractivity contribution in [1.29, 1.82) is 0 Å². The van der Waals surface area contributed by atoms with Gasteiger partial charge in [-0.3, -0.25) is 0 Å². The molecule has 0 heterocycles. The van der Waals surface area contributed by atoms with Gasteiger partial charge in [-0.15, -0.1) is 0 Å². The highest BCUT2D eigenvalue weighted by Gasteiger charge is 2.21. The Labute approximate surface area is 130 Å². The second-order valence-electron chi connectivity index (χ2n) is 5.61.